The number of carbonyl (C=O) groups excluding carboxylic acids is 2. The molecule has 0 saturated heterocycles. The van der Waals surface area contributed by atoms with Gasteiger partial charge in [0.2, 0.25) is 5.91 Å². The first-order valence-electron chi connectivity index (χ1n) is 23.2. The number of aliphatic hydroxyl groups excluding tert-OH is 1. The molecule has 0 radical (unpaired) electrons. The molecular formula is C52H80NO10P. The van der Waals surface area contributed by atoms with E-state index in [-0.39, 0.29) is 12.8 Å². The Labute approximate surface area is 385 Å². The zero-order chi connectivity index (χ0) is 47.0. The highest BCUT2D eigenvalue weighted by Gasteiger charge is 2.28. The molecule has 4 N–H and O–H groups in total. The van der Waals surface area contributed by atoms with E-state index in [9.17, 15) is 34.1 Å². The number of nitrogens with one attached hydrogen (secondary N) is 1. The first kappa shape index (κ1) is 59.6. The molecule has 0 aromatic carbocycles. The van der Waals surface area contributed by atoms with Gasteiger partial charge >= 0.3 is 19.8 Å². The molecule has 3 unspecified atom stereocenters. The summed E-state index contributed by atoms with van der Waals surface area (Å²) in [6, 6.07) is -1.58. The highest BCUT2D eigenvalue weighted by atomic mass is 31.2. The summed E-state index contributed by atoms with van der Waals surface area (Å²) in [6.45, 7) is 2.25. The van der Waals surface area contributed by atoms with E-state index < -0.39 is 57.6 Å². The van der Waals surface area contributed by atoms with Crippen LogP contribution in [0.15, 0.2) is 134 Å². The Balaban J connectivity index is 4.04. The molecule has 0 bridgehead atoms. The number of rotatable bonds is 41. The summed E-state index contributed by atoms with van der Waals surface area (Å²) in [5, 5.41) is 21.8. The lowest BCUT2D eigenvalue weighted by Crippen LogP contribution is -2.43. The van der Waals surface area contributed by atoms with Gasteiger partial charge in [0, 0.05) is 12.8 Å². The van der Waals surface area contributed by atoms with Crippen LogP contribution in [0.5, 0.6) is 0 Å². The van der Waals surface area contributed by atoms with Crippen LogP contribution in [-0.4, -0.2) is 64.9 Å². The van der Waals surface area contributed by atoms with Gasteiger partial charge in [-0.3, -0.25) is 18.6 Å². The van der Waals surface area contributed by atoms with Gasteiger partial charge in [0.05, 0.1) is 13.2 Å². The number of unbranched alkanes of at least 4 members (excludes halogenated alkanes) is 5. The second-order valence-electron chi connectivity index (χ2n) is 14.8. The third-order valence-corrected chi connectivity index (χ3v) is 9.90. The van der Waals surface area contributed by atoms with E-state index in [4.69, 9.17) is 13.8 Å². The normalized spacial score (nSPS) is 14.8. The van der Waals surface area contributed by atoms with Gasteiger partial charge in [0.25, 0.3) is 0 Å². The number of hydrogen-bond acceptors (Lipinski definition) is 8. The number of aliphatic hydroxyl groups is 1. The second-order valence-corrected chi connectivity index (χ2v) is 16.3. The molecule has 11 nitrogen and oxygen atoms in total. The largest absolute Gasteiger partial charge is 0.480 e. The molecular weight excluding hydrogens is 830 g/mol. The van der Waals surface area contributed by atoms with Crippen molar-refractivity contribution >= 4 is 25.7 Å². The summed E-state index contributed by atoms with van der Waals surface area (Å²) in [5.74, 6) is -2.51. The van der Waals surface area contributed by atoms with Crippen LogP contribution in [0.4, 0.5) is 0 Å². The number of phosphoric acid groups is 1. The van der Waals surface area contributed by atoms with Crippen molar-refractivity contribution in [2.45, 2.75) is 154 Å². The SMILES string of the molecule is CC/C=C\C/C=C\C/C=C\C/C=C\C/C=C\C/C=C\CCC(=O)OCC(O)COP(=O)(O)OCC(NC(=O)CCCCCCC/C=C\C/C=C\C/C=C\C/C=C\C/C=C\CC)C(=O)O. The lowest BCUT2D eigenvalue weighted by atomic mass is 10.1. The Kier molecular flexibility index (Phi) is 42.1. The smallest absolute Gasteiger partial charge is 0.472 e. The van der Waals surface area contributed by atoms with Crippen molar-refractivity contribution < 1.29 is 47.8 Å². The fraction of sp³-hybridized carbons (Fsp3) is 0.519. The summed E-state index contributed by atoms with van der Waals surface area (Å²) in [6.07, 6.45) is 62.0. The van der Waals surface area contributed by atoms with Crippen molar-refractivity contribution in [2.24, 2.45) is 0 Å². The standard InChI is InChI=1S/C52H80NO10P/c1-3-5-7-9-11-13-15-17-19-21-23-24-26-27-29-31-33-35-37-39-41-43-50(55)53-49(52(57)58)47-63-64(59,60)62-46-48(54)45-61-51(56)44-42-40-38-36-34-32-30-28-25-22-20-18-16-14-12-10-8-6-4-2/h5-8,11-14,17-20,23-25,27-29,32,34,38,40,48-49,54H,3-4,9-10,15-16,21-22,26,30-31,33,35-37,39,41-47H2,1-2H3,(H,53,55)(H,57,58)(H,59,60)/b7-5-,8-6-,13-11-,14-12-,19-17-,20-18-,24-23-,28-25-,29-27-,34-32-,40-38-. The van der Waals surface area contributed by atoms with E-state index in [2.05, 4.69) is 135 Å². The number of carboxylic acids is 1. The third kappa shape index (κ3) is 44.2. The number of amides is 1. The van der Waals surface area contributed by atoms with E-state index in [1.165, 1.54) is 0 Å². The summed E-state index contributed by atoms with van der Waals surface area (Å²) < 4.78 is 26.8. The summed E-state index contributed by atoms with van der Waals surface area (Å²) in [7, 11) is -4.79. The van der Waals surface area contributed by atoms with Crippen molar-refractivity contribution in [1.29, 1.82) is 0 Å². The number of hydrogen-bond donors (Lipinski definition) is 4. The van der Waals surface area contributed by atoms with E-state index >= 15 is 0 Å². The van der Waals surface area contributed by atoms with Crippen LogP contribution >= 0.6 is 7.82 Å². The monoisotopic (exact) mass is 910 g/mol. The van der Waals surface area contributed by atoms with Crippen LogP contribution < -0.4 is 5.32 Å². The van der Waals surface area contributed by atoms with Crippen LogP contribution in [0.25, 0.3) is 0 Å². The van der Waals surface area contributed by atoms with Crippen LogP contribution in [0.3, 0.4) is 0 Å². The quantitative estimate of drug-likeness (QED) is 0.0200. The highest BCUT2D eigenvalue weighted by Crippen LogP contribution is 2.43. The van der Waals surface area contributed by atoms with E-state index in [0.29, 0.717) is 12.8 Å². The molecule has 0 aliphatic rings. The van der Waals surface area contributed by atoms with Gasteiger partial charge < -0.3 is 25.2 Å². The number of ether oxygens (including phenoxy) is 1. The molecule has 0 aromatic heterocycles. The zero-order valence-corrected chi connectivity index (χ0v) is 39.7. The Morgan fingerprint density at radius 1 is 0.500 bits per heavy atom. The highest BCUT2D eigenvalue weighted by molar-refractivity contribution is 7.47. The molecule has 358 valence electrons. The van der Waals surface area contributed by atoms with Crippen LogP contribution in [-0.2, 0) is 32.7 Å². The minimum atomic E-state index is -4.79. The Morgan fingerprint density at radius 2 is 0.875 bits per heavy atom. The Morgan fingerprint density at radius 3 is 1.31 bits per heavy atom. The lowest BCUT2D eigenvalue weighted by molar-refractivity contribution is -0.147. The molecule has 0 heterocycles. The van der Waals surface area contributed by atoms with Gasteiger partial charge in [0.15, 0.2) is 6.04 Å². The first-order chi connectivity index (χ1) is 31.1. The van der Waals surface area contributed by atoms with E-state index in [1.54, 1.807) is 0 Å². The van der Waals surface area contributed by atoms with Crippen LogP contribution in [0, 0.1) is 0 Å². The third-order valence-electron chi connectivity index (χ3n) is 8.95. The topological polar surface area (TPSA) is 169 Å². The van der Waals surface area contributed by atoms with Gasteiger partial charge in [-0.25, -0.2) is 9.36 Å². The molecule has 0 aromatic rings. The number of carbonyl (C=O) groups is 3. The molecule has 0 rings (SSSR count). The molecule has 12 heteroatoms. The van der Waals surface area contributed by atoms with Crippen molar-refractivity contribution in [3.8, 4) is 0 Å². The molecule has 0 saturated carbocycles. The summed E-state index contributed by atoms with van der Waals surface area (Å²) in [4.78, 5) is 46.0. The van der Waals surface area contributed by atoms with Gasteiger partial charge in [-0.15, -0.1) is 0 Å². The fourth-order valence-corrected chi connectivity index (χ4v) is 6.20. The van der Waals surface area contributed by atoms with Crippen molar-refractivity contribution in [3.05, 3.63) is 134 Å². The van der Waals surface area contributed by atoms with Gasteiger partial charge in [0.1, 0.15) is 12.7 Å². The molecule has 1 amide bonds. The Hall–Kier alpha value is -4.38. The number of carboxylic acid groups (broad SMARTS) is 1. The average molecular weight is 910 g/mol. The molecule has 0 aliphatic heterocycles. The number of esters is 1. The Bertz CT molecular complexity index is 1580. The predicted octanol–water partition coefficient (Wildman–Crippen LogP) is 12.6. The predicted molar refractivity (Wildman–Crippen MR) is 262 cm³/mol. The molecule has 0 fully saturated rings. The maximum absolute atomic E-state index is 12.3. The molecule has 0 spiro atoms. The lowest BCUT2D eigenvalue weighted by Gasteiger charge is -2.18. The first-order valence-corrected chi connectivity index (χ1v) is 24.7. The minimum Gasteiger partial charge on any atom is -0.480 e. The van der Waals surface area contributed by atoms with Crippen LogP contribution in [0.1, 0.15) is 142 Å². The van der Waals surface area contributed by atoms with Crippen molar-refractivity contribution in [3.63, 3.8) is 0 Å². The van der Waals surface area contributed by atoms with Crippen molar-refractivity contribution in [1.82, 2.24) is 5.32 Å². The molecule has 3 atom stereocenters. The maximum atomic E-state index is 12.3. The summed E-state index contributed by atoms with van der Waals surface area (Å²) >= 11 is 0. The fourth-order valence-electron chi connectivity index (χ4n) is 5.42. The van der Waals surface area contributed by atoms with E-state index in [0.717, 1.165) is 103 Å². The summed E-state index contributed by atoms with van der Waals surface area (Å²) in [5.41, 5.74) is 0. The zero-order valence-electron chi connectivity index (χ0n) is 38.8. The van der Waals surface area contributed by atoms with Crippen LogP contribution in [0.2, 0.25) is 0 Å². The van der Waals surface area contributed by atoms with Gasteiger partial charge in [-0.2, -0.15) is 0 Å². The number of allylic oxidation sites excluding steroid dienone is 22. The van der Waals surface area contributed by atoms with Crippen molar-refractivity contribution in [2.75, 3.05) is 19.8 Å². The molecule has 0 aliphatic carbocycles. The average Bonchev–Trinajstić information content (AvgIpc) is 3.27. The van der Waals surface area contributed by atoms with E-state index in [1.807, 2.05) is 18.2 Å². The molecule has 64 heavy (non-hydrogen) atoms. The number of aliphatic carboxylic acids is 1. The van der Waals surface area contributed by atoms with Gasteiger partial charge in [-0.1, -0.05) is 167 Å². The second kappa shape index (κ2) is 45.2. The van der Waals surface area contributed by atoms with Gasteiger partial charge in [-0.05, 0) is 96.3 Å². The minimum absolute atomic E-state index is 0.0894. The number of phosphoric ester groups is 1. The maximum Gasteiger partial charge on any atom is 0.472 e.